The van der Waals surface area contributed by atoms with Crippen molar-refractivity contribution in [2.24, 2.45) is 0 Å². The summed E-state index contributed by atoms with van der Waals surface area (Å²) in [6.45, 7) is 1.64. The Labute approximate surface area is 148 Å². The second kappa shape index (κ2) is 7.79. The number of amides is 2. The van der Waals surface area contributed by atoms with E-state index in [1.165, 1.54) is 24.3 Å². The number of morpholine rings is 1. The van der Waals surface area contributed by atoms with Crippen molar-refractivity contribution < 1.29 is 33.4 Å². The number of hydrogen-bond acceptors (Lipinski definition) is 5. The minimum atomic E-state index is -1.22. The van der Waals surface area contributed by atoms with E-state index < -0.39 is 35.9 Å². The first-order valence-electron chi connectivity index (χ1n) is 8.25. The summed E-state index contributed by atoms with van der Waals surface area (Å²) in [5.74, 6) is -2.56. The van der Waals surface area contributed by atoms with Crippen LogP contribution < -0.4 is 5.32 Å². The van der Waals surface area contributed by atoms with Crippen molar-refractivity contribution in [3.05, 3.63) is 35.6 Å². The summed E-state index contributed by atoms with van der Waals surface area (Å²) in [5.41, 5.74) is 0.671. The fourth-order valence-electron chi connectivity index (χ4n) is 2.81. The summed E-state index contributed by atoms with van der Waals surface area (Å²) in [6, 6.07) is 4.73. The van der Waals surface area contributed by atoms with Crippen molar-refractivity contribution in [2.75, 3.05) is 26.3 Å². The van der Waals surface area contributed by atoms with E-state index in [-0.39, 0.29) is 12.3 Å². The molecule has 26 heavy (non-hydrogen) atoms. The molecule has 1 aromatic carbocycles. The second-order valence-electron chi connectivity index (χ2n) is 6.14. The number of rotatable bonds is 6. The third-order valence-electron chi connectivity index (χ3n) is 4.28. The van der Waals surface area contributed by atoms with E-state index in [0.29, 0.717) is 31.9 Å². The van der Waals surface area contributed by atoms with Crippen LogP contribution in [-0.2, 0) is 30.3 Å². The number of carboxylic acid groups (broad SMARTS) is 1. The van der Waals surface area contributed by atoms with E-state index >= 15 is 0 Å². The molecule has 0 bridgehead atoms. The van der Waals surface area contributed by atoms with Crippen molar-refractivity contribution in [3.8, 4) is 0 Å². The lowest BCUT2D eigenvalue weighted by Gasteiger charge is -2.30. The topological polar surface area (TPSA) is 108 Å². The van der Waals surface area contributed by atoms with Gasteiger partial charge in [-0.05, 0) is 17.7 Å². The van der Waals surface area contributed by atoms with E-state index in [1.807, 2.05) is 0 Å². The molecule has 2 saturated heterocycles. The van der Waals surface area contributed by atoms with Crippen LogP contribution in [0.15, 0.2) is 24.3 Å². The molecule has 0 unspecified atom stereocenters. The number of halogens is 1. The number of nitrogens with zero attached hydrogens (tertiary/aromatic N) is 1. The molecule has 2 heterocycles. The molecule has 1 aromatic rings. The van der Waals surface area contributed by atoms with Crippen LogP contribution in [0.4, 0.5) is 4.39 Å². The predicted molar refractivity (Wildman–Crippen MR) is 85.7 cm³/mol. The average Bonchev–Trinajstić information content (AvgIpc) is 3.44. The molecule has 2 amide bonds. The number of carboxylic acids is 1. The zero-order valence-electron chi connectivity index (χ0n) is 13.9. The van der Waals surface area contributed by atoms with E-state index in [9.17, 15) is 18.8 Å². The Balaban J connectivity index is 1.70. The third kappa shape index (κ3) is 4.36. The average molecular weight is 366 g/mol. The van der Waals surface area contributed by atoms with Crippen LogP contribution in [0, 0.1) is 5.82 Å². The molecule has 2 fully saturated rings. The molecule has 2 aliphatic heterocycles. The largest absolute Gasteiger partial charge is 0.479 e. The van der Waals surface area contributed by atoms with Crippen LogP contribution in [0.25, 0.3) is 0 Å². The lowest BCUT2D eigenvalue weighted by atomic mass is 10.0. The molecule has 0 radical (unpaired) electrons. The van der Waals surface area contributed by atoms with Gasteiger partial charge in [0, 0.05) is 19.5 Å². The van der Waals surface area contributed by atoms with Crippen LogP contribution in [0.2, 0.25) is 0 Å². The molecule has 2 aliphatic rings. The number of benzene rings is 1. The Morgan fingerprint density at radius 2 is 1.85 bits per heavy atom. The predicted octanol–water partition coefficient (Wildman–Crippen LogP) is -0.436. The van der Waals surface area contributed by atoms with Gasteiger partial charge < -0.3 is 24.8 Å². The van der Waals surface area contributed by atoms with Gasteiger partial charge in [0.1, 0.15) is 11.9 Å². The Morgan fingerprint density at radius 1 is 1.19 bits per heavy atom. The van der Waals surface area contributed by atoms with Crippen LogP contribution in [0.3, 0.4) is 0 Å². The number of carbonyl (C=O) groups excluding carboxylic acids is 2. The van der Waals surface area contributed by atoms with Gasteiger partial charge in [0.2, 0.25) is 5.91 Å². The number of ether oxygens (including phenoxy) is 2. The van der Waals surface area contributed by atoms with Gasteiger partial charge >= 0.3 is 5.97 Å². The second-order valence-corrected chi connectivity index (χ2v) is 6.14. The zero-order chi connectivity index (χ0) is 18.7. The third-order valence-corrected chi connectivity index (χ3v) is 4.28. The fourth-order valence-corrected chi connectivity index (χ4v) is 2.81. The Bertz CT molecular complexity index is 689. The maximum absolute atomic E-state index is 13.1. The number of aliphatic carboxylic acids is 1. The smallest absolute Gasteiger partial charge is 0.336 e. The van der Waals surface area contributed by atoms with E-state index in [0.717, 1.165) is 0 Å². The van der Waals surface area contributed by atoms with Crippen LogP contribution in [0.5, 0.6) is 0 Å². The molecule has 2 N–H and O–H groups in total. The molecule has 0 aromatic heterocycles. The molecular formula is C17H19FN2O6. The van der Waals surface area contributed by atoms with Gasteiger partial charge in [-0.3, -0.25) is 9.59 Å². The molecule has 140 valence electrons. The number of nitrogens with one attached hydrogen (secondary N) is 1. The standard InChI is InChI=1S/C17H19FN2O6/c18-11-3-1-10(2-4-11)9-12(16(22)20-5-7-25-8-6-20)19-15(21)13-14(26-13)17(23)24/h1-4,12-14H,5-9H2,(H,19,21)(H,23,24)/t12-,13-,14-/m0/s1. The lowest BCUT2D eigenvalue weighted by molar-refractivity contribution is -0.140. The summed E-state index contributed by atoms with van der Waals surface area (Å²) in [7, 11) is 0. The van der Waals surface area contributed by atoms with Crippen LogP contribution >= 0.6 is 0 Å². The van der Waals surface area contributed by atoms with E-state index in [2.05, 4.69) is 5.32 Å². The highest BCUT2D eigenvalue weighted by molar-refractivity contribution is 5.95. The van der Waals surface area contributed by atoms with Crippen molar-refractivity contribution in [2.45, 2.75) is 24.7 Å². The highest BCUT2D eigenvalue weighted by atomic mass is 19.1. The first-order chi connectivity index (χ1) is 12.5. The van der Waals surface area contributed by atoms with Gasteiger partial charge in [0.15, 0.2) is 12.2 Å². The normalized spacial score (nSPS) is 23.2. The van der Waals surface area contributed by atoms with Crippen LogP contribution in [0.1, 0.15) is 5.56 Å². The lowest BCUT2D eigenvalue weighted by Crippen LogP contribution is -2.53. The van der Waals surface area contributed by atoms with Gasteiger partial charge in [0.25, 0.3) is 5.91 Å². The Morgan fingerprint density at radius 3 is 2.42 bits per heavy atom. The quantitative estimate of drug-likeness (QED) is 0.661. The summed E-state index contributed by atoms with van der Waals surface area (Å²) in [4.78, 5) is 37.4. The molecular weight excluding hydrogens is 347 g/mol. The Kier molecular flexibility index (Phi) is 5.48. The van der Waals surface area contributed by atoms with Crippen molar-refractivity contribution in [1.82, 2.24) is 10.2 Å². The zero-order valence-corrected chi connectivity index (χ0v) is 13.9. The molecule has 3 atom stereocenters. The van der Waals surface area contributed by atoms with Gasteiger partial charge in [0.05, 0.1) is 13.2 Å². The monoisotopic (exact) mass is 366 g/mol. The molecule has 0 spiro atoms. The van der Waals surface area contributed by atoms with Gasteiger partial charge in [-0.1, -0.05) is 12.1 Å². The van der Waals surface area contributed by atoms with Gasteiger partial charge in [-0.25, -0.2) is 9.18 Å². The van der Waals surface area contributed by atoms with E-state index in [1.54, 1.807) is 4.90 Å². The first kappa shape index (κ1) is 18.3. The summed E-state index contributed by atoms with van der Waals surface area (Å²) < 4.78 is 23.1. The Hall–Kier alpha value is -2.52. The van der Waals surface area contributed by atoms with Gasteiger partial charge in [-0.2, -0.15) is 0 Å². The molecule has 0 aliphatic carbocycles. The SMILES string of the molecule is O=C(O)[C@H]1O[C@@H]1C(=O)N[C@@H](Cc1ccc(F)cc1)C(=O)N1CCOCC1. The number of carbonyl (C=O) groups is 3. The number of epoxide rings is 1. The molecule has 8 nitrogen and oxygen atoms in total. The van der Waals surface area contributed by atoms with Crippen molar-refractivity contribution in [3.63, 3.8) is 0 Å². The summed E-state index contributed by atoms with van der Waals surface area (Å²) in [5, 5.41) is 11.4. The maximum atomic E-state index is 13.1. The summed E-state index contributed by atoms with van der Waals surface area (Å²) >= 11 is 0. The minimum Gasteiger partial charge on any atom is -0.479 e. The highest BCUT2D eigenvalue weighted by Gasteiger charge is 2.51. The van der Waals surface area contributed by atoms with Gasteiger partial charge in [-0.15, -0.1) is 0 Å². The van der Waals surface area contributed by atoms with E-state index in [4.69, 9.17) is 14.6 Å². The fraction of sp³-hybridized carbons (Fsp3) is 0.471. The molecule has 9 heteroatoms. The maximum Gasteiger partial charge on any atom is 0.336 e. The molecule has 3 rings (SSSR count). The summed E-state index contributed by atoms with van der Waals surface area (Å²) in [6.07, 6.45) is -2.12. The minimum absolute atomic E-state index is 0.159. The first-order valence-corrected chi connectivity index (χ1v) is 8.25. The number of hydrogen-bond donors (Lipinski definition) is 2. The van der Waals surface area contributed by atoms with Crippen molar-refractivity contribution in [1.29, 1.82) is 0 Å². The highest BCUT2D eigenvalue weighted by Crippen LogP contribution is 2.22. The molecule has 0 saturated carbocycles. The van der Waals surface area contributed by atoms with Crippen molar-refractivity contribution >= 4 is 17.8 Å². The van der Waals surface area contributed by atoms with Crippen LogP contribution in [-0.4, -0.2) is 72.3 Å².